The number of hydrogen-bond acceptors (Lipinski definition) is 10. The summed E-state index contributed by atoms with van der Waals surface area (Å²) in [4.78, 5) is 24.9. The van der Waals surface area contributed by atoms with E-state index in [4.69, 9.17) is 23.4 Å². The van der Waals surface area contributed by atoms with Crippen molar-refractivity contribution in [3.8, 4) is 17.2 Å². The van der Waals surface area contributed by atoms with Crippen LogP contribution >= 0.6 is 0 Å². The van der Waals surface area contributed by atoms with Gasteiger partial charge in [-0.15, -0.1) is 0 Å². The maximum atomic E-state index is 12.6. The number of para-hydroxylation sites is 1. The lowest BCUT2D eigenvalue weighted by Crippen LogP contribution is -2.63. The summed E-state index contributed by atoms with van der Waals surface area (Å²) in [5.41, 5.74) is -2.05. The van der Waals surface area contributed by atoms with Crippen molar-refractivity contribution >= 4 is 22.6 Å². The maximum Gasteiger partial charge on any atom is 0.364 e. The summed E-state index contributed by atoms with van der Waals surface area (Å²) in [7, 11) is 1.40. The Balaban J connectivity index is 1.56. The second-order valence-electron chi connectivity index (χ2n) is 9.17. The van der Waals surface area contributed by atoms with Gasteiger partial charge in [0.25, 0.3) is 5.91 Å². The molecule has 4 rings (SSSR count). The smallest absolute Gasteiger partial charge is 0.364 e. The molecular weight excluding hydrogens is 486 g/mol. The van der Waals surface area contributed by atoms with Gasteiger partial charge in [-0.25, -0.2) is 4.79 Å². The molecule has 0 aliphatic carbocycles. The fourth-order valence-electron chi connectivity index (χ4n) is 4.28. The van der Waals surface area contributed by atoms with Gasteiger partial charge in [-0.1, -0.05) is 18.2 Å². The molecule has 11 nitrogen and oxygen atoms in total. The number of aromatic hydroxyl groups is 1. The summed E-state index contributed by atoms with van der Waals surface area (Å²) in [6, 6.07) is 11.6. The molecule has 0 spiro atoms. The number of hydrogen-bond donors (Lipinski definition) is 4. The minimum atomic E-state index is -1.43. The number of carbonyl (C=O) groups is 1. The topological polar surface area (TPSA) is 157 Å². The minimum Gasteiger partial charge on any atom is -0.505 e. The van der Waals surface area contributed by atoms with Gasteiger partial charge in [0.05, 0.1) is 11.0 Å². The van der Waals surface area contributed by atoms with Crippen molar-refractivity contribution < 1.29 is 43.5 Å². The molecule has 1 saturated heterocycles. The van der Waals surface area contributed by atoms with Gasteiger partial charge < -0.3 is 44.0 Å². The Morgan fingerprint density at radius 2 is 1.81 bits per heavy atom. The molecular formula is C26H29NO10. The van der Waals surface area contributed by atoms with E-state index in [9.17, 15) is 24.9 Å². The third-order valence-electron chi connectivity index (χ3n) is 6.17. The monoisotopic (exact) mass is 515 g/mol. The number of amides is 1. The van der Waals surface area contributed by atoms with Gasteiger partial charge in [-0.05, 0) is 45.0 Å². The minimum absolute atomic E-state index is 0.0124. The van der Waals surface area contributed by atoms with Crippen LogP contribution in [0.25, 0.3) is 11.0 Å². The average molecular weight is 516 g/mol. The first-order valence-electron chi connectivity index (χ1n) is 11.5. The molecule has 0 unspecified atom stereocenters. The van der Waals surface area contributed by atoms with E-state index in [1.807, 2.05) is 0 Å². The van der Waals surface area contributed by atoms with Crippen LogP contribution in [0, 0.1) is 6.92 Å². The lowest BCUT2D eigenvalue weighted by Gasteiger charge is -2.46. The van der Waals surface area contributed by atoms with Crippen LogP contribution in [0.4, 0.5) is 5.69 Å². The molecule has 1 aliphatic rings. The number of aliphatic hydroxyl groups is 2. The van der Waals surface area contributed by atoms with Crippen molar-refractivity contribution in [3.05, 3.63) is 58.4 Å². The van der Waals surface area contributed by atoms with Gasteiger partial charge >= 0.3 is 5.63 Å². The number of carbonyl (C=O) groups excluding carboxylic acids is 1. The van der Waals surface area contributed by atoms with Crippen molar-refractivity contribution in [3.63, 3.8) is 0 Å². The first-order chi connectivity index (χ1) is 17.5. The van der Waals surface area contributed by atoms with E-state index in [-0.39, 0.29) is 23.3 Å². The Kier molecular flexibility index (Phi) is 7.42. The molecule has 198 valence electrons. The quantitative estimate of drug-likeness (QED) is 0.344. The highest BCUT2D eigenvalue weighted by atomic mass is 16.7. The van der Waals surface area contributed by atoms with Crippen LogP contribution in [-0.4, -0.2) is 65.1 Å². The normalized spacial score (nSPS) is 23.0. The Hall–Kier alpha value is -3.64. The highest BCUT2D eigenvalue weighted by molar-refractivity contribution is 5.98. The van der Waals surface area contributed by atoms with Gasteiger partial charge in [-0.3, -0.25) is 4.79 Å². The van der Waals surface area contributed by atoms with E-state index in [0.29, 0.717) is 11.3 Å². The van der Waals surface area contributed by atoms with E-state index in [2.05, 4.69) is 5.32 Å². The summed E-state index contributed by atoms with van der Waals surface area (Å²) in [5, 5.41) is 34.2. The lowest BCUT2D eigenvalue weighted by atomic mass is 9.89. The van der Waals surface area contributed by atoms with E-state index in [1.54, 1.807) is 51.1 Å². The molecule has 0 saturated carbocycles. The van der Waals surface area contributed by atoms with Crippen molar-refractivity contribution in [2.75, 3.05) is 19.0 Å². The molecule has 4 N–H and O–H groups in total. The number of fused-ring (bicyclic) bond motifs is 1. The standard InChI is InChI=1S/C26H29NO10/c1-13-16(35-25-21(31)20(30)23(33-4)26(2,3)37-25)11-10-15-19(29)18(24(32)36-22(13)15)27-17(28)12-34-14-8-6-5-7-9-14/h5-11,20-21,23,25,29-31H,12H2,1-4H3,(H,27,28)/t20-,21+,23+,25+/m0/s1. The van der Waals surface area contributed by atoms with Crippen LogP contribution in [0.3, 0.4) is 0 Å². The second kappa shape index (κ2) is 10.4. The Morgan fingerprint density at radius 1 is 1.11 bits per heavy atom. The number of benzene rings is 2. The summed E-state index contributed by atoms with van der Waals surface area (Å²) in [6.07, 6.45) is -4.75. The molecule has 1 amide bonds. The zero-order chi connectivity index (χ0) is 26.9. The number of rotatable bonds is 7. The second-order valence-corrected chi connectivity index (χ2v) is 9.17. The molecule has 0 bridgehead atoms. The van der Waals surface area contributed by atoms with Gasteiger partial charge in [0.1, 0.15) is 35.4 Å². The summed E-state index contributed by atoms with van der Waals surface area (Å²) >= 11 is 0. The molecule has 4 atom stereocenters. The van der Waals surface area contributed by atoms with E-state index < -0.39 is 53.2 Å². The van der Waals surface area contributed by atoms with E-state index in [1.165, 1.54) is 19.2 Å². The Labute approximate surface area is 212 Å². The SMILES string of the molecule is CO[C@@H]1[C@@H](O)[C@@H](O)[C@H](Oc2ccc3c(O)c(NC(=O)COc4ccccc4)c(=O)oc3c2C)OC1(C)C. The highest BCUT2D eigenvalue weighted by Gasteiger charge is 2.50. The fraction of sp³-hybridized carbons (Fsp3) is 0.385. The first kappa shape index (κ1) is 26.4. The highest BCUT2D eigenvalue weighted by Crippen LogP contribution is 2.37. The molecule has 37 heavy (non-hydrogen) atoms. The number of aryl methyl sites for hydroxylation is 1. The third-order valence-corrected chi connectivity index (χ3v) is 6.17. The van der Waals surface area contributed by atoms with Gasteiger partial charge in [0.15, 0.2) is 18.0 Å². The molecule has 2 aromatic carbocycles. The number of nitrogens with one attached hydrogen (secondary N) is 1. The van der Waals surface area contributed by atoms with Crippen molar-refractivity contribution in [2.24, 2.45) is 0 Å². The van der Waals surface area contributed by atoms with Crippen molar-refractivity contribution in [2.45, 2.75) is 51.0 Å². The average Bonchev–Trinajstić information content (AvgIpc) is 2.86. The van der Waals surface area contributed by atoms with Gasteiger partial charge in [0.2, 0.25) is 6.29 Å². The lowest BCUT2D eigenvalue weighted by molar-refractivity contribution is -0.306. The molecule has 3 aromatic rings. The Morgan fingerprint density at radius 3 is 2.49 bits per heavy atom. The zero-order valence-corrected chi connectivity index (χ0v) is 20.8. The predicted molar refractivity (Wildman–Crippen MR) is 132 cm³/mol. The molecule has 11 heteroatoms. The van der Waals surface area contributed by atoms with E-state index in [0.717, 1.165) is 0 Å². The summed E-state index contributed by atoms with van der Waals surface area (Å²) < 4.78 is 27.7. The number of anilines is 1. The molecule has 0 radical (unpaired) electrons. The van der Waals surface area contributed by atoms with Gasteiger partial charge in [0, 0.05) is 12.7 Å². The van der Waals surface area contributed by atoms with Crippen LogP contribution in [0.15, 0.2) is 51.7 Å². The van der Waals surface area contributed by atoms with Crippen LogP contribution in [0.1, 0.15) is 19.4 Å². The maximum absolute atomic E-state index is 12.6. The van der Waals surface area contributed by atoms with E-state index >= 15 is 0 Å². The first-order valence-corrected chi connectivity index (χ1v) is 11.5. The van der Waals surface area contributed by atoms with Crippen LogP contribution < -0.4 is 20.4 Å². The van der Waals surface area contributed by atoms with Crippen molar-refractivity contribution in [1.82, 2.24) is 0 Å². The molecule has 1 fully saturated rings. The number of ether oxygens (including phenoxy) is 4. The third kappa shape index (κ3) is 5.25. The van der Waals surface area contributed by atoms with Crippen LogP contribution in [0.5, 0.6) is 17.2 Å². The number of aliphatic hydroxyl groups excluding tert-OH is 2. The molecule has 1 aliphatic heterocycles. The van der Waals surface area contributed by atoms with Gasteiger partial charge in [-0.2, -0.15) is 0 Å². The van der Waals surface area contributed by atoms with Crippen LogP contribution in [0.2, 0.25) is 0 Å². The number of methoxy groups -OCH3 is 1. The molecule has 1 aromatic heterocycles. The molecule has 2 heterocycles. The van der Waals surface area contributed by atoms with Crippen LogP contribution in [-0.2, 0) is 14.3 Å². The largest absolute Gasteiger partial charge is 0.505 e. The summed E-state index contributed by atoms with van der Waals surface area (Å²) in [6.45, 7) is 4.58. The Bertz CT molecular complexity index is 1340. The fourth-order valence-corrected chi connectivity index (χ4v) is 4.28. The summed E-state index contributed by atoms with van der Waals surface area (Å²) in [5.74, 6) is -0.494. The predicted octanol–water partition coefficient (Wildman–Crippen LogP) is 2.08. The van der Waals surface area contributed by atoms with Crippen molar-refractivity contribution in [1.29, 1.82) is 0 Å². The zero-order valence-electron chi connectivity index (χ0n) is 20.8.